The van der Waals surface area contributed by atoms with Gasteiger partial charge in [-0.25, -0.2) is 14.5 Å². The van der Waals surface area contributed by atoms with Gasteiger partial charge in [-0.05, 0) is 30.7 Å². The Balaban J connectivity index is 1.47. The molecular weight excluding hydrogens is 392 g/mol. The molecule has 11 nitrogen and oxygen atoms in total. The van der Waals surface area contributed by atoms with Gasteiger partial charge in [0.2, 0.25) is 5.91 Å². The Kier molecular flexibility index (Phi) is 4.84. The van der Waals surface area contributed by atoms with Crippen molar-refractivity contribution in [2.45, 2.75) is 19.5 Å². The molecule has 11 heteroatoms. The molecule has 0 radical (unpaired) electrons. The van der Waals surface area contributed by atoms with Crippen molar-refractivity contribution in [2.75, 3.05) is 0 Å². The van der Waals surface area contributed by atoms with Crippen LogP contribution < -0.4 is 11.1 Å². The number of hydrogen-bond donors (Lipinski definition) is 1. The summed E-state index contributed by atoms with van der Waals surface area (Å²) in [4.78, 5) is 38.7. The van der Waals surface area contributed by atoms with E-state index >= 15 is 0 Å². The van der Waals surface area contributed by atoms with E-state index < -0.39 is 16.6 Å². The fourth-order valence-electron chi connectivity index (χ4n) is 3.09. The van der Waals surface area contributed by atoms with E-state index in [0.717, 1.165) is 21.9 Å². The van der Waals surface area contributed by atoms with Crippen molar-refractivity contribution in [3.63, 3.8) is 0 Å². The van der Waals surface area contributed by atoms with Gasteiger partial charge in [0.05, 0.1) is 28.2 Å². The highest BCUT2D eigenvalue weighted by Gasteiger charge is 2.17. The third-order valence-electron chi connectivity index (χ3n) is 4.62. The van der Waals surface area contributed by atoms with E-state index in [1.54, 1.807) is 11.0 Å². The predicted octanol–water partition coefficient (Wildman–Crippen LogP) is 1.96. The number of amides is 1. The fraction of sp³-hybridized carbons (Fsp3) is 0.158. The summed E-state index contributed by atoms with van der Waals surface area (Å²) in [6.45, 7) is 1.55. The Morgan fingerprint density at radius 2 is 2.03 bits per heavy atom. The van der Waals surface area contributed by atoms with Crippen molar-refractivity contribution in [3.05, 3.63) is 81.3 Å². The van der Waals surface area contributed by atoms with Crippen LogP contribution in [0.15, 0.2) is 64.3 Å². The summed E-state index contributed by atoms with van der Waals surface area (Å²) in [6.07, 6.45) is 3.03. The summed E-state index contributed by atoms with van der Waals surface area (Å²) in [5.74, 6) is -1.16. The van der Waals surface area contributed by atoms with Crippen LogP contribution in [0.5, 0.6) is 0 Å². The second kappa shape index (κ2) is 7.62. The maximum absolute atomic E-state index is 12.5. The van der Waals surface area contributed by atoms with E-state index in [9.17, 15) is 19.7 Å². The quantitative estimate of drug-likeness (QED) is 0.380. The SMILES string of the molecule is CC(NC(=O)Cn1c(=O)oc2cc([N+](=O)[O-])ccc21)c1ccc(-n2cncn2)cc1. The number of nitro benzene ring substituents is 1. The second-order valence-electron chi connectivity index (χ2n) is 6.58. The number of nitrogens with zero attached hydrogens (tertiary/aromatic N) is 5. The van der Waals surface area contributed by atoms with Crippen molar-refractivity contribution >= 4 is 22.7 Å². The first-order valence-electron chi connectivity index (χ1n) is 8.94. The monoisotopic (exact) mass is 408 g/mol. The average molecular weight is 408 g/mol. The molecule has 2 aromatic heterocycles. The third kappa shape index (κ3) is 3.68. The van der Waals surface area contributed by atoms with Gasteiger partial charge in [0.1, 0.15) is 19.2 Å². The Bertz CT molecular complexity index is 1270. The molecule has 0 aliphatic carbocycles. The fourth-order valence-corrected chi connectivity index (χ4v) is 3.09. The molecule has 0 aliphatic rings. The number of carbonyl (C=O) groups excluding carboxylic acids is 1. The van der Waals surface area contributed by atoms with E-state index in [-0.39, 0.29) is 23.9 Å². The Labute approximate surface area is 168 Å². The molecule has 0 aliphatic heterocycles. The van der Waals surface area contributed by atoms with Gasteiger partial charge in [-0.1, -0.05) is 12.1 Å². The average Bonchev–Trinajstić information content (AvgIpc) is 3.36. The zero-order chi connectivity index (χ0) is 21.3. The highest BCUT2D eigenvalue weighted by atomic mass is 16.6. The zero-order valence-corrected chi connectivity index (χ0v) is 15.8. The summed E-state index contributed by atoms with van der Waals surface area (Å²) < 4.78 is 7.79. The number of benzene rings is 2. The Morgan fingerprint density at radius 1 is 1.27 bits per heavy atom. The van der Waals surface area contributed by atoms with Gasteiger partial charge in [-0.15, -0.1) is 0 Å². The first kappa shape index (κ1) is 19.1. The normalized spacial score (nSPS) is 12.0. The summed E-state index contributed by atoms with van der Waals surface area (Å²) >= 11 is 0. The van der Waals surface area contributed by atoms with Crippen LogP contribution in [0.4, 0.5) is 5.69 Å². The Morgan fingerprint density at radius 3 is 2.70 bits per heavy atom. The molecule has 4 rings (SSSR count). The van der Waals surface area contributed by atoms with E-state index in [4.69, 9.17) is 4.42 Å². The molecule has 1 amide bonds. The third-order valence-corrected chi connectivity index (χ3v) is 4.62. The van der Waals surface area contributed by atoms with Gasteiger partial charge in [0.15, 0.2) is 5.58 Å². The van der Waals surface area contributed by atoms with Crippen LogP contribution in [0.2, 0.25) is 0 Å². The van der Waals surface area contributed by atoms with Crippen LogP contribution >= 0.6 is 0 Å². The highest BCUT2D eigenvalue weighted by molar-refractivity contribution is 5.80. The van der Waals surface area contributed by atoms with Crippen LogP contribution in [0.1, 0.15) is 18.5 Å². The number of non-ortho nitro benzene ring substituents is 1. The zero-order valence-electron chi connectivity index (χ0n) is 15.8. The number of nitro groups is 1. The maximum atomic E-state index is 12.5. The van der Waals surface area contributed by atoms with Gasteiger partial charge < -0.3 is 9.73 Å². The number of hydrogen-bond acceptors (Lipinski definition) is 7. The van der Waals surface area contributed by atoms with E-state index in [1.807, 2.05) is 31.2 Å². The van der Waals surface area contributed by atoms with Crippen LogP contribution in [0.3, 0.4) is 0 Å². The number of carbonyl (C=O) groups is 1. The molecule has 0 fully saturated rings. The lowest BCUT2D eigenvalue weighted by Crippen LogP contribution is -2.32. The van der Waals surface area contributed by atoms with Crippen LogP contribution in [0, 0.1) is 10.1 Å². The molecule has 1 N–H and O–H groups in total. The van der Waals surface area contributed by atoms with Crippen molar-refractivity contribution in [2.24, 2.45) is 0 Å². The molecule has 1 unspecified atom stereocenters. The van der Waals surface area contributed by atoms with E-state index in [2.05, 4.69) is 15.4 Å². The van der Waals surface area contributed by atoms with Crippen molar-refractivity contribution in [3.8, 4) is 5.69 Å². The minimum Gasteiger partial charge on any atom is -0.407 e. The first-order valence-corrected chi connectivity index (χ1v) is 8.94. The summed E-state index contributed by atoms with van der Waals surface area (Å²) in [5.41, 5.74) is 1.87. The number of nitrogens with one attached hydrogen (secondary N) is 1. The van der Waals surface area contributed by atoms with E-state index in [0.29, 0.717) is 5.52 Å². The Hall–Kier alpha value is -4.28. The van der Waals surface area contributed by atoms with Gasteiger partial charge in [-0.3, -0.25) is 19.5 Å². The first-order chi connectivity index (χ1) is 14.4. The molecule has 0 saturated carbocycles. The van der Waals surface area contributed by atoms with Crippen LogP contribution in [0.25, 0.3) is 16.8 Å². The predicted molar refractivity (Wildman–Crippen MR) is 105 cm³/mol. The molecule has 4 aromatic rings. The summed E-state index contributed by atoms with van der Waals surface area (Å²) in [7, 11) is 0. The van der Waals surface area contributed by atoms with Gasteiger partial charge in [0.25, 0.3) is 5.69 Å². The maximum Gasteiger partial charge on any atom is 0.420 e. The largest absolute Gasteiger partial charge is 0.420 e. The molecular formula is C19H16N6O5. The smallest absolute Gasteiger partial charge is 0.407 e. The van der Waals surface area contributed by atoms with Crippen LogP contribution in [-0.4, -0.2) is 30.2 Å². The van der Waals surface area contributed by atoms with E-state index in [1.165, 1.54) is 18.5 Å². The lowest BCUT2D eigenvalue weighted by Gasteiger charge is -2.15. The van der Waals surface area contributed by atoms with Crippen LogP contribution in [-0.2, 0) is 11.3 Å². The lowest BCUT2D eigenvalue weighted by molar-refractivity contribution is -0.384. The minimum atomic E-state index is -0.759. The molecule has 2 aromatic carbocycles. The van der Waals surface area contributed by atoms with Gasteiger partial charge in [-0.2, -0.15) is 5.10 Å². The number of aromatic nitrogens is 4. The summed E-state index contributed by atoms with van der Waals surface area (Å²) in [5, 5.41) is 17.7. The molecule has 0 bridgehead atoms. The topological polar surface area (TPSA) is 138 Å². The van der Waals surface area contributed by atoms with Gasteiger partial charge in [0, 0.05) is 6.07 Å². The van der Waals surface area contributed by atoms with Crippen molar-refractivity contribution < 1.29 is 14.1 Å². The number of oxazole rings is 1. The van der Waals surface area contributed by atoms with Gasteiger partial charge >= 0.3 is 5.76 Å². The number of fused-ring (bicyclic) bond motifs is 1. The van der Waals surface area contributed by atoms with Crippen molar-refractivity contribution in [1.82, 2.24) is 24.6 Å². The molecule has 1 atom stereocenters. The number of rotatable bonds is 6. The molecule has 152 valence electrons. The molecule has 0 saturated heterocycles. The highest BCUT2D eigenvalue weighted by Crippen LogP contribution is 2.20. The molecule has 30 heavy (non-hydrogen) atoms. The minimum absolute atomic E-state index is 0.0544. The standard InChI is InChI=1S/C19H16N6O5/c1-12(13-2-4-14(5-3-13)24-11-20-10-21-24)22-18(26)9-23-16-7-6-15(25(28)29)8-17(16)30-19(23)27/h2-8,10-12H,9H2,1H3,(H,22,26). The second-order valence-corrected chi connectivity index (χ2v) is 6.58. The molecule has 0 spiro atoms. The molecule has 2 heterocycles. The summed E-state index contributed by atoms with van der Waals surface area (Å²) in [6, 6.07) is 10.9. The van der Waals surface area contributed by atoms with Crippen molar-refractivity contribution in [1.29, 1.82) is 0 Å². The lowest BCUT2D eigenvalue weighted by atomic mass is 10.1.